The predicted octanol–water partition coefficient (Wildman–Crippen LogP) is 2.31. The second kappa shape index (κ2) is 3.42. The van der Waals surface area contributed by atoms with Gasteiger partial charge in [0.15, 0.2) is 6.10 Å². The largest absolute Gasteiger partial charge is 0.438 e. The third kappa shape index (κ3) is 1.39. The quantitative estimate of drug-likeness (QED) is 0.784. The van der Waals surface area contributed by atoms with E-state index >= 15 is 0 Å². The Bertz CT molecular complexity index is 386. The summed E-state index contributed by atoms with van der Waals surface area (Å²) in [6.45, 7) is -0.814. The van der Waals surface area contributed by atoms with Gasteiger partial charge in [0.25, 0.3) is 0 Å². The van der Waals surface area contributed by atoms with Crippen molar-refractivity contribution >= 4 is 23.5 Å². The molecule has 1 aromatic rings. The average Bonchev–Trinajstić information content (AvgIpc) is 2.16. The van der Waals surface area contributed by atoms with Gasteiger partial charge in [-0.1, -0.05) is 11.6 Å². The van der Waals surface area contributed by atoms with E-state index in [4.69, 9.17) is 16.3 Å². The molecule has 0 radical (unpaired) electrons. The van der Waals surface area contributed by atoms with Crippen LogP contribution in [0, 0.1) is 0 Å². The molecule has 1 N–H and O–H groups in total. The standard InChI is InChI=1S/C8H6ClFN2O2/c9-4-1-2-11-7-6(4)5(3-10)14-8(13)12-7/h1-2,5H,3H2,(H,11,12,13). The van der Waals surface area contributed by atoms with Gasteiger partial charge in [-0.2, -0.15) is 0 Å². The molecule has 2 heterocycles. The maximum absolute atomic E-state index is 12.5. The SMILES string of the molecule is O=C1Nc2nccc(Cl)c2C(CF)O1. The van der Waals surface area contributed by atoms with Gasteiger partial charge in [-0.25, -0.2) is 14.2 Å². The molecule has 2 rings (SSSR count). The molecule has 0 aliphatic carbocycles. The fraction of sp³-hybridized carbons (Fsp3) is 0.250. The zero-order valence-corrected chi connectivity index (χ0v) is 7.71. The topological polar surface area (TPSA) is 51.2 Å². The summed E-state index contributed by atoms with van der Waals surface area (Å²) in [6.07, 6.45) is -0.239. The molecule has 0 fully saturated rings. The molecule has 1 aliphatic rings. The van der Waals surface area contributed by atoms with Crippen molar-refractivity contribution in [3.05, 3.63) is 22.8 Å². The Hall–Kier alpha value is -1.36. The molecule has 6 heteroatoms. The van der Waals surface area contributed by atoms with E-state index in [1.54, 1.807) is 0 Å². The molecule has 0 bridgehead atoms. The van der Waals surface area contributed by atoms with Crippen LogP contribution in [0.1, 0.15) is 11.7 Å². The van der Waals surface area contributed by atoms with Crippen LogP contribution in [0.3, 0.4) is 0 Å². The van der Waals surface area contributed by atoms with Crippen LogP contribution >= 0.6 is 11.6 Å². The number of cyclic esters (lactones) is 1. The lowest BCUT2D eigenvalue weighted by Gasteiger charge is -2.23. The molecule has 0 saturated carbocycles. The molecule has 74 valence electrons. The van der Waals surface area contributed by atoms with Crippen molar-refractivity contribution in [2.45, 2.75) is 6.10 Å². The van der Waals surface area contributed by atoms with E-state index in [1.165, 1.54) is 12.3 Å². The van der Waals surface area contributed by atoms with Crippen LogP contribution in [0.2, 0.25) is 5.02 Å². The number of carbonyl (C=O) groups excluding carboxylic acids is 1. The van der Waals surface area contributed by atoms with Gasteiger partial charge in [0.2, 0.25) is 0 Å². The summed E-state index contributed by atoms with van der Waals surface area (Å²) >= 11 is 5.83. The second-order valence-electron chi connectivity index (χ2n) is 2.73. The summed E-state index contributed by atoms with van der Waals surface area (Å²) in [7, 11) is 0. The number of nitrogens with one attached hydrogen (secondary N) is 1. The number of anilines is 1. The van der Waals surface area contributed by atoms with Crippen LogP contribution in [0.4, 0.5) is 15.0 Å². The number of halogens is 2. The zero-order valence-electron chi connectivity index (χ0n) is 6.96. The summed E-state index contributed by atoms with van der Waals surface area (Å²) in [5.74, 6) is 0.261. The number of ether oxygens (including phenoxy) is 1. The third-order valence-electron chi connectivity index (χ3n) is 1.87. The van der Waals surface area contributed by atoms with Gasteiger partial charge < -0.3 is 4.74 Å². The van der Waals surface area contributed by atoms with Crippen molar-refractivity contribution < 1.29 is 13.9 Å². The lowest BCUT2D eigenvalue weighted by Crippen LogP contribution is -2.26. The molecule has 0 spiro atoms. The molecular weight excluding hydrogens is 211 g/mol. The number of amides is 1. The number of carbonyl (C=O) groups is 1. The van der Waals surface area contributed by atoms with Crippen LogP contribution < -0.4 is 5.32 Å². The highest BCUT2D eigenvalue weighted by Crippen LogP contribution is 2.34. The molecule has 1 amide bonds. The van der Waals surface area contributed by atoms with E-state index in [1.807, 2.05) is 0 Å². The fourth-order valence-electron chi connectivity index (χ4n) is 1.28. The molecule has 0 saturated heterocycles. The fourth-order valence-corrected chi connectivity index (χ4v) is 1.55. The number of hydrogen-bond acceptors (Lipinski definition) is 3. The van der Waals surface area contributed by atoms with Crippen molar-refractivity contribution in [2.75, 3.05) is 12.0 Å². The minimum Gasteiger partial charge on any atom is -0.438 e. The van der Waals surface area contributed by atoms with Crippen LogP contribution in [0.25, 0.3) is 0 Å². The van der Waals surface area contributed by atoms with Gasteiger partial charge in [-0.05, 0) is 6.07 Å². The first-order valence-electron chi connectivity index (χ1n) is 3.90. The highest BCUT2D eigenvalue weighted by Gasteiger charge is 2.29. The van der Waals surface area contributed by atoms with Crippen LogP contribution in [-0.2, 0) is 4.74 Å². The maximum atomic E-state index is 12.5. The lowest BCUT2D eigenvalue weighted by molar-refractivity contribution is 0.0883. The first-order valence-corrected chi connectivity index (χ1v) is 4.28. The normalized spacial score (nSPS) is 19.6. The molecular formula is C8H6ClFN2O2. The summed E-state index contributed by atoms with van der Waals surface area (Å²) in [5, 5.41) is 2.67. The Kier molecular flexibility index (Phi) is 2.25. The molecule has 14 heavy (non-hydrogen) atoms. The number of nitrogens with zero attached hydrogens (tertiary/aromatic N) is 1. The van der Waals surface area contributed by atoms with Gasteiger partial charge in [0, 0.05) is 6.20 Å². The Balaban J connectivity index is 2.51. The van der Waals surface area contributed by atoms with E-state index in [2.05, 4.69) is 10.3 Å². The Morgan fingerprint density at radius 1 is 1.71 bits per heavy atom. The van der Waals surface area contributed by atoms with Gasteiger partial charge in [-0.15, -0.1) is 0 Å². The zero-order chi connectivity index (χ0) is 10.1. The first-order chi connectivity index (χ1) is 6.72. The van der Waals surface area contributed by atoms with Crippen molar-refractivity contribution in [3.8, 4) is 0 Å². The molecule has 1 atom stereocenters. The number of alkyl halides is 1. The number of aromatic nitrogens is 1. The Morgan fingerprint density at radius 2 is 2.50 bits per heavy atom. The molecule has 0 aromatic carbocycles. The lowest BCUT2D eigenvalue weighted by atomic mass is 10.1. The average molecular weight is 217 g/mol. The number of hydrogen-bond donors (Lipinski definition) is 1. The van der Waals surface area contributed by atoms with Gasteiger partial charge in [0.1, 0.15) is 12.5 Å². The van der Waals surface area contributed by atoms with E-state index in [0.717, 1.165) is 0 Å². The first kappa shape index (κ1) is 9.21. The van der Waals surface area contributed by atoms with E-state index < -0.39 is 18.9 Å². The number of fused-ring (bicyclic) bond motifs is 1. The van der Waals surface area contributed by atoms with Crippen molar-refractivity contribution in [1.82, 2.24) is 4.98 Å². The minimum absolute atomic E-state index is 0.261. The number of pyridine rings is 1. The maximum Gasteiger partial charge on any atom is 0.413 e. The second-order valence-corrected chi connectivity index (χ2v) is 3.14. The summed E-state index contributed by atoms with van der Waals surface area (Å²) < 4.78 is 17.2. The minimum atomic E-state index is -0.958. The van der Waals surface area contributed by atoms with E-state index in [9.17, 15) is 9.18 Å². The van der Waals surface area contributed by atoms with Crippen molar-refractivity contribution in [1.29, 1.82) is 0 Å². The smallest absolute Gasteiger partial charge is 0.413 e. The molecule has 1 aromatic heterocycles. The Morgan fingerprint density at radius 3 is 3.21 bits per heavy atom. The summed E-state index contributed by atoms with van der Waals surface area (Å²) in [6, 6.07) is 1.52. The summed E-state index contributed by atoms with van der Waals surface area (Å²) in [5.41, 5.74) is 0.385. The monoisotopic (exact) mass is 216 g/mol. The van der Waals surface area contributed by atoms with Gasteiger partial charge in [0.05, 0.1) is 10.6 Å². The van der Waals surface area contributed by atoms with Gasteiger partial charge >= 0.3 is 6.09 Å². The molecule has 1 aliphatic heterocycles. The molecule has 1 unspecified atom stereocenters. The van der Waals surface area contributed by atoms with Crippen LogP contribution in [0.15, 0.2) is 12.3 Å². The Labute approximate surface area is 84.0 Å². The summed E-state index contributed by atoms with van der Waals surface area (Å²) in [4.78, 5) is 14.8. The van der Waals surface area contributed by atoms with Gasteiger partial charge in [-0.3, -0.25) is 5.32 Å². The third-order valence-corrected chi connectivity index (χ3v) is 2.20. The van der Waals surface area contributed by atoms with Crippen molar-refractivity contribution in [2.24, 2.45) is 0 Å². The van der Waals surface area contributed by atoms with E-state index in [-0.39, 0.29) is 5.82 Å². The highest BCUT2D eigenvalue weighted by atomic mass is 35.5. The predicted molar refractivity (Wildman–Crippen MR) is 48.1 cm³/mol. The van der Waals surface area contributed by atoms with E-state index in [0.29, 0.717) is 10.6 Å². The van der Waals surface area contributed by atoms with Crippen LogP contribution in [0.5, 0.6) is 0 Å². The number of rotatable bonds is 1. The van der Waals surface area contributed by atoms with Crippen molar-refractivity contribution in [3.63, 3.8) is 0 Å². The molecule has 4 nitrogen and oxygen atoms in total. The highest BCUT2D eigenvalue weighted by molar-refractivity contribution is 6.31. The van der Waals surface area contributed by atoms with Crippen LogP contribution in [-0.4, -0.2) is 17.8 Å².